The average molecular weight is 650 g/mol. The summed E-state index contributed by atoms with van der Waals surface area (Å²) in [5.41, 5.74) is 4.71. The summed E-state index contributed by atoms with van der Waals surface area (Å²) in [7, 11) is 0. The van der Waals surface area contributed by atoms with Gasteiger partial charge in [-0.05, 0) is 46.0 Å². The van der Waals surface area contributed by atoms with E-state index in [-0.39, 0.29) is 23.7 Å². The van der Waals surface area contributed by atoms with E-state index in [4.69, 9.17) is 18.9 Å². The van der Waals surface area contributed by atoms with Crippen molar-refractivity contribution < 1.29 is 28.8 Å². The lowest BCUT2D eigenvalue weighted by atomic mass is 10.1. The Morgan fingerprint density at radius 1 is 0.490 bits per heavy atom. The summed E-state index contributed by atoms with van der Waals surface area (Å²) in [6, 6.07) is 47.7. The smallest absolute Gasteiger partial charge is 0.193 e. The third-order valence-corrected chi connectivity index (χ3v) is 7.66. The lowest BCUT2D eigenvalue weighted by Crippen LogP contribution is -2.04. The van der Waals surface area contributed by atoms with E-state index in [1.807, 2.05) is 140 Å². The molecule has 0 unspecified atom stereocenters. The molecule has 0 heterocycles. The van der Waals surface area contributed by atoms with Crippen LogP contribution in [0.15, 0.2) is 158 Å². The molecular formula is C43H36O6. The molecule has 244 valence electrons. The summed E-state index contributed by atoms with van der Waals surface area (Å²) in [6.07, 6.45) is 3.09. The molecule has 6 aromatic rings. The van der Waals surface area contributed by atoms with Gasteiger partial charge in [-0.1, -0.05) is 133 Å². The zero-order valence-corrected chi connectivity index (χ0v) is 26.9. The summed E-state index contributed by atoms with van der Waals surface area (Å²) >= 11 is 0. The highest BCUT2D eigenvalue weighted by molar-refractivity contribution is 6.10. The third kappa shape index (κ3) is 9.40. The predicted molar refractivity (Wildman–Crippen MR) is 191 cm³/mol. The molecule has 0 amide bonds. The van der Waals surface area contributed by atoms with Crippen molar-refractivity contribution in [3.8, 4) is 28.7 Å². The predicted octanol–water partition coefficient (Wildman–Crippen LogP) is 9.60. The van der Waals surface area contributed by atoms with Crippen LogP contribution >= 0.6 is 0 Å². The van der Waals surface area contributed by atoms with E-state index in [1.54, 1.807) is 12.1 Å². The van der Waals surface area contributed by atoms with E-state index in [0.29, 0.717) is 37.1 Å². The molecule has 0 fully saturated rings. The minimum absolute atomic E-state index is 0.0441. The number of ether oxygens (including phenoxy) is 4. The quantitative estimate of drug-likeness (QED) is 0.0679. The van der Waals surface area contributed by atoms with Crippen LogP contribution in [0, 0.1) is 0 Å². The number of aromatic hydroxyl groups is 1. The number of carbonyl (C=O) groups excluding carboxylic acids is 1. The standard InChI is InChI=1S/C43H36O6/c44-38(43-39(45)26-37(46-28-33-13-5-1-6-14-33)27-42(43)49-31-36-19-11-4-12-20-36)23-21-32-22-24-40(47-29-34-15-7-2-8-16-34)41(25-32)48-30-35-17-9-3-10-18-35/h1-27,45H,28-31H2/b23-21+/i38+1. The molecule has 1 N–H and O–H groups in total. The first-order chi connectivity index (χ1) is 24.1. The van der Waals surface area contributed by atoms with Crippen molar-refractivity contribution in [1.82, 2.24) is 0 Å². The number of phenols is 1. The Morgan fingerprint density at radius 2 is 0.939 bits per heavy atom. The van der Waals surface area contributed by atoms with Gasteiger partial charge in [0.2, 0.25) is 0 Å². The Kier molecular flexibility index (Phi) is 11.0. The fraction of sp³-hybridized carbons (Fsp3) is 0.0930. The molecular weight excluding hydrogens is 613 g/mol. The Labute approximate surface area is 286 Å². The highest BCUT2D eigenvalue weighted by Gasteiger charge is 2.19. The van der Waals surface area contributed by atoms with Crippen molar-refractivity contribution in [2.45, 2.75) is 26.4 Å². The van der Waals surface area contributed by atoms with Gasteiger partial charge < -0.3 is 24.1 Å². The second-order valence-corrected chi connectivity index (χ2v) is 11.3. The fourth-order valence-corrected chi connectivity index (χ4v) is 5.08. The molecule has 6 rings (SSSR count). The molecule has 0 aliphatic rings. The van der Waals surface area contributed by atoms with Gasteiger partial charge in [0.15, 0.2) is 17.3 Å². The van der Waals surface area contributed by atoms with Gasteiger partial charge in [-0.3, -0.25) is 4.79 Å². The molecule has 0 spiro atoms. The number of allylic oxidation sites excluding steroid dienone is 1. The minimum Gasteiger partial charge on any atom is -0.507 e. The second-order valence-electron chi connectivity index (χ2n) is 11.3. The SMILES string of the molecule is O=[13C](/C=C/c1ccc(OCc2ccccc2)c(OCc2ccccc2)c1)c1c(O)cc(OCc2ccccc2)cc1OCc1ccccc1. The van der Waals surface area contributed by atoms with E-state index >= 15 is 0 Å². The topological polar surface area (TPSA) is 74.2 Å². The van der Waals surface area contributed by atoms with Crippen LogP contribution < -0.4 is 18.9 Å². The van der Waals surface area contributed by atoms with Crippen molar-refractivity contribution in [2.24, 2.45) is 0 Å². The van der Waals surface area contributed by atoms with E-state index in [2.05, 4.69) is 0 Å². The number of ketones is 1. The van der Waals surface area contributed by atoms with Crippen LogP contribution in [0.2, 0.25) is 0 Å². The summed E-state index contributed by atoms with van der Waals surface area (Å²) in [6.45, 7) is 1.24. The van der Waals surface area contributed by atoms with Gasteiger partial charge >= 0.3 is 0 Å². The average Bonchev–Trinajstić information content (AvgIpc) is 3.15. The Balaban J connectivity index is 1.23. The van der Waals surface area contributed by atoms with Crippen molar-refractivity contribution in [3.05, 3.63) is 191 Å². The third-order valence-electron chi connectivity index (χ3n) is 7.66. The summed E-state index contributed by atoms with van der Waals surface area (Å²) in [5.74, 6) is 1.08. The summed E-state index contributed by atoms with van der Waals surface area (Å²) < 4.78 is 24.4. The highest BCUT2D eigenvalue weighted by Crippen LogP contribution is 2.36. The summed E-state index contributed by atoms with van der Waals surface area (Å²) in [4.78, 5) is 13.7. The van der Waals surface area contributed by atoms with Gasteiger partial charge in [0.1, 0.15) is 49.2 Å². The van der Waals surface area contributed by atoms with Gasteiger partial charge in [0.25, 0.3) is 0 Å². The van der Waals surface area contributed by atoms with Gasteiger partial charge in [-0.25, -0.2) is 0 Å². The van der Waals surface area contributed by atoms with Gasteiger partial charge in [0.05, 0.1) is 0 Å². The first kappa shape index (κ1) is 32.7. The Morgan fingerprint density at radius 3 is 1.45 bits per heavy atom. The zero-order chi connectivity index (χ0) is 33.7. The molecule has 6 aromatic carbocycles. The Hall–Kier alpha value is -6.27. The van der Waals surface area contributed by atoms with Crippen LogP contribution in [0.25, 0.3) is 6.08 Å². The molecule has 6 heteroatoms. The van der Waals surface area contributed by atoms with Crippen molar-refractivity contribution >= 4 is 11.9 Å². The lowest BCUT2D eigenvalue weighted by Gasteiger charge is -2.15. The molecule has 0 atom stereocenters. The van der Waals surface area contributed by atoms with E-state index in [0.717, 1.165) is 27.8 Å². The van der Waals surface area contributed by atoms with Crippen LogP contribution in [0.3, 0.4) is 0 Å². The van der Waals surface area contributed by atoms with Crippen LogP contribution in [0.1, 0.15) is 38.2 Å². The Bertz CT molecular complexity index is 1970. The number of carbonyl (C=O) groups is 1. The van der Waals surface area contributed by atoms with Crippen LogP contribution in [-0.2, 0) is 26.4 Å². The number of rotatable bonds is 15. The van der Waals surface area contributed by atoms with E-state index < -0.39 is 5.78 Å². The maximum absolute atomic E-state index is 13.7. The molecule has 0 saturated heterocycles. The maximum Gasteiger partial charge on any atom is 0.193 e. The normalized spacial score (nSPS) is 10.9. The molecule has 0 aliphatic heterocycles. The van der Waals surface area contributed by atoms with Crippen molar-refractivity contribution in [2.75, 3.05) is 0 Å². The molecule has 0 aliphatic carbocycles. The molecule has 49 heavy (non-hydrogen) atoms. The van der Waals surface area contributed by atoms with Crippen LogP contribution in [-0.4, -0.2) is 10.9 Å². The summed E-state index contributed by atoms with van der Waals surface area (Å²) in [5, 5.41) is 11.1. The molecule has 0 aromatic heterocycles. The number of hydrogen-bond acceptors (Lipinski definition) is 6. The van der Waals surface area contributed by atoms with Crippen molar-refractivity contribution in [3.63, 3.8) is 0 Å². The number of hydrogen-bond donors (Lipinski definition) is 1. The maximum atomic E-state index is 13.7. The molecule has 0 radical (unpaired) electrons. The van der Waals surface area contributed by atoms with Gasteiger partial charge in [-0.2, -0.15) is 0 Å². The zero-order valence-electron chi connectivity index (χ0n) is 26.9. The van der Waals surface area contributed by atoms with Crippen LogP contribution in [0.5, 0.6) is 28.7 Å². The van der Waals surface area contributed by atoms with E-state index in [9.17, 15) is 9.90 Å². The largest absolute Gasteiger partial charge is 0.507 e. The molecule has 0 saturated carbocycles. The number of phenolic OH excluding ortho intramolecular Hbond substituents is 1. The monoisotopic (exact) mass is 649 g/mol. The fourth-order valence-electron chi connectivity index (χ4n) is 5.08. The minimum atomic E-state index is -0.425. The second kappa shape index (κ2) is 16.5. The lowest BCUT2D eigenvalue weighted by molar-refractivity contribution is 0.104. The van der Waals surface area contributed by atoms with E-state index in [1.165, 1.54) is 12.1 Å². The first-order valence-corrected chi connectivity index (χ1v) is 16.0. The molecule has 6 nitrogen and oxygen atoms in total. The van der Waals surface area contributed by atoms with Gasteiger partial charge in [-0.15, -0.1) is 0 Å². The highest BCUT2D eigenvalue weighted by atomic mass is 16.5. The van der Waals surface area contributed by atoms with Crippen molar-refractivity contribution in [1.29, 1.82) is 0 Å². The number of benzene rings is 6. The van der Waals surface area contributed by atoms with Crippen LogP contribution in [0.4, 0.5) is 0 Å². The first-order valence-electron chi connectivity index (χ1n) is 16.0. The molecule has 0 bridgehead atoms. The van der Waals surface area contributed by atoms with Gasteiger partial charge in [0, 0.05) is 12.1 Å².